The Hall–Kier alpha value is -0.120. The third kappa shape index (κ3) is 2.83. The summed E-state index contributed by atoms with van der Waals surface area (Å²) < 4.78 is 0. The van der Waals surface area contributed by atoms with Gasteiger partial charge in [0.15, 0.2) is 0 Å². The molecule has 98 valence electrons. The average molecular weight is 237 g/mol. The second-order valence-corrected chi connectivity index (χ2v) is 6.05. The molecule has 17 heavy (non-hydrogen) atoms. The van der Waals surface area contributed by atoms with Crippen LogP contribution < -0.4 is 5.32 Å². The first-order valence-electron chi connectivity index (χ1n) is 7.60. The highest BCUT2D eigenvalue weighted by atomic mass is 15.2. The molecule has 3 heterocycles. The molecule has 0 bridgehead atoms. The molecule has 0 radical (unpaired) electrons. The zero-order valence-corrected chi connectivity index (χ0v) is 11.0. The van der Waals surface area contributed by atoms with Gasteiger partial charge in [0.2, 0.25) is 0 Å². The molecular formula is C14H27N3. The molecule has 0 amide bonds. The zero-order valence-electron chi connectivity index (χ0n) is 11.0. The largest absolute Gasteiger partial charge is 0.314 e. The summed E-state index contributed by atoms with van der Waals surface area (Å²) in [7, 11) is 0. The zero-order chi connectivity index (χ0) is 11.5. The molecule has 0 spiro atoms. The predicted molar refractivity (Wildman–Crippen MR) is 71.2 cm³/mol. The van der Waals surface area contributed by atoms with E-state index >= 15 is 0 Å². The van der Waals surface area contributed by atoms with Crippen LogP contribution in [0.2, 0.25) is 0 Å². The second kappa shape index (κ2) is 5.68. The molecule has 3 fully saturated rings. The summed E-state index contributed by atoms with van der Waals surface area (Å²) in [6, 6.07) is 0.924. The fourth-order valence-electron chi connectivity index (χ4n) is 4.02. The summed E-state index contributed by atoms with van der Waals surface area (Å²) in [5, 5.41) is 3.46. The van der Waals surface area contributed by atoms with Gasteiger partial charge in [0.25, 0.3) is 0 Å². The molecule has 0 unspecified atom stereocenters. The van der Waals surface area contributed by atoms with Crippen LogP contribution in [0.15, 0.2) is 0 Å². The molecule has 0 aromatic rings. The van der Waals surface area contributed by atoms with E-state index in [1.807, 2.05) is 0 Å². The van der Waals surface area contributed by atoms with Crippen molar-refractivity contribution in [2.45, 2.75) is 38.1 Å². The van der Waals surface area contributed by atoms with E-state index in [1.165, 1.54) is 77.9 Å². The molecule has 2 atom stereocenters. The van der Waals surface area contributed by atoms with E-state index in [0.717, 1.165) is 12.0 Å². The lowest BCUT2D eigenvalue weighted by molar-refractivity contribution is 0.0383. The number of nitrogens with one attached hydrogen (secondary N) is 1. The monoisotopic (exact) mass is 237 g/mol. The molecule has 3 aliphatic rings. The molecule has 3 saturated heterocycles. The van der Waals surface area contributed by atoms with Gasteiger partial charge in [-0.15, -0.1) is 0 Å². The fourth-order valence-corrected chi connectivity index (χ4v) is 4.02. The quantitative estimate of drug-likeness (QED) is 0.777. The lowest BCUT2D eigenvalue weighted by Gasteiger charge is -2.46. The maximum Gasteiger partial charge on any atom is 0.0136 e. The molecule has 3 aliphatic heterocycles. The van der Waals surface area contributed by atoms with Crippen LogP contribution in [0.5, 0.6) is 0 Å². The van der Waals surface area contributed by atoms with Crippen molar-refractivity contribution in [3.8, 4) is 0 Å². The molecule has 0 aromatic heterocycles. The Kier molecular flexibility index (Phi) is 3.99. The van der Waals surface area contributed by atoms with Crippen molar-refractivity contribution in [1.82, 2.24) is 15.1 Å². The summed E-state index contributed by atoms with van der Waals surface area (Å²) in [6.07, 6.45) is 7.30. The second-order valence-electron chi connectivity index (χ2n) is 6.05. The van der Waals surface area contributed by atoms with E-state index in [4.69, 9.17) is 0 Å². The van der Waals surface area contributed by atoms with Gasteiger partial charge in [0, 0.05) is 38.8 Å². The Labute approximate surface area is 106 Å². The van der Waals surface area contributed by atoms with Crippen LogP contribution in [-0.4, -0.2) is 61.7 Å². The third-order valence-electron chi connectivity index (χ3n) is 4.93. The van der Waals surface area contributed by atoms with Crippen LogP contribution in [0.25, 0.3) is 0 Å². The topological polar surface area (TPSA) is 18.5 Å². The number of piperidine rings is 2. The van der Waals surface area contributed by atoms with Crippen molar-refractivity contribution < 1.29 is 0 Å². The van der Waals surface area contributed by atoms with Gasteiger partial charge in [0.1, 0.15) is 0 Å². The van der Waals surface area contributed by atoms with Gasteiger partial charge >= 0.3 is 0 Å². The van der Waals surface area contributed by atoms with E-state index in [0.29, 0.717) is 0 Å². The minimum atomic E-state index is 0.924. The number of piperazine rings is 1. The lowest BCUT2D eigenvalue weighted by Crippen LogP contribution is -2.53. The molecule has 0 aromatic carbocycles. The summed E-state index contributed by atoms with van der Waals surface area (Å²) in [5.74, 6) is 0.960. The van der Waals surface area contributed by atoms with E-state index in [9.17, 15) is 0 Å². The Morgan fingerprint density at radius 2 is 1.71 bits per heavy atom. The average Bonchev–Trinajstić information content (AvgIpc) is 2.40. The SMILES string of the molecule is C1CCN2CCC[C@@H](CN3CCNCC3)[C@H]2C1. The van der Waals surface area contributed by atoms with Gasteiger partial charge in [-0.25, -0.2) is 0 Å². The minimum Gasteiger partial charge on any atom is -0.314 e. The Morgan fingerprint density at radius 3 is 2.59 bits per heavy atom. The van der Waals surface area contributed by atoms with Crippen molar-refractivity contribution in [2.75, 3.05) is 45.8 Å². The first kappa shape index (κ1) is 11.9. The number of hydrogen-bond acceptors (Lipinski definition) is 3. The normalized spacial score (nSPS) is 36.7. The molecule has 0 aliphatic carbocycles. The molecular weight excluding hydrogens is 210 g/mol. The first-order chi connectivity index (χ1) is 8.43. The van der Waals surface area contributed by atoms with E-state index in [1.54, 1.807) is 0 Å². The minimum absolute atomic E-state index is 0.924. The number of fused-ring (bicyclic) bond motifs is 1. The summed E-state index contributed by atoms with van der Waals surface area (Å²) in [6.45, 7) is 9.04. The van der Waals surface area contributed by atoms with Crippen molar-refractivity contribution >= 4 is 0 Å². The van der Waals surface area contributed by atoms with Gasteiger partial charge < -0.3 is 15.1 Å². The standard InChI is InChI=1S/C14H27N3/c1-2-8-17-9-3-4-13(14(17)5-1)12-16-10-6-15-7-11-16/h13-15H,1-12H2/t13-,14+/m0/s1. The van der Waals surface area contributed by atoms with Crippen LogP contribution in [0.1, 0.15) is 32.1 Å². The van der Waals surface area contributed by atoms with Gasteiger partial charge in [-0.3, -0.25) is 0 Å². The highest BCUT2D eigenvalue weighted by Gasteiger charge is 2.33. The molecule has 0 saturated carbocycles. The number of nitrogens with zero attached hydrogens (tertiary/aromatic N) is 2. The highest BCUT2D eigenvalue weighted by Crippen LogP contribution is 2.31. The fraction of sp³-hybridized carbons (Fsp3) is 1.00. The van der Waals surface area contributed by atoms with Crippen LogP contribution in [-0.2, 0) is 0 Å². The van der Waals surface area contributed by atoms with Crippen LogP contribution >= 0.6 is 0 Å². The lowest BCUT2D eigenvalue weighted by atomic mass is 9.83. The van der Waals surface area contributed by atoms with Gasteiger partial charge in [-0.2, -0.15) is 0 Å². The summed E-state index contributed by atoms with van der Waals surface area (Å²) >= 11 is 0. The highest BCUT2D eigenvalue weighted by molar-refractivity contribution is 4.89. The third-order valence-corrected chi connectivity index (χ3v) is 4.93. The first-order valence-corrected chi connectivity index (χ1v) is 7.60. The van der Waals surface area contributed by atoms with Gasteiger partial charge in [-0.1, -0.05) is 6.42 Å². The van der Waals surface area contributed by atoms with Crippen molar-refractivity contribution in [2.24, 2.45) is 5.92 Å². The van der Waals surface area contributed by atoms with E-state index in [-0.39, 0.29) is 0 Å². The maximum absolute atomic E-state index is 3.46. The van der Waals surface area contributed by atoms with Crippen LogP contribution in [0, 0.1) is 5.92 Å². The van der Waals surface area contributed by atoms with Gasteiger partial charge in [-0.05, 0) is 44.7 Å². The van der Waals surface area contributed by atoms with Crippen molar-refractivity contribution in [1.29, 1.82) is 0 Å². The number of rotatable bonds is 2. The predicted octanol–water partition coefficient (Wildman–Crippen LogP) is 1.16. The molecule has 3 nitrogen and oxygen atoms in total. The van der Waals surface area contributed by atoms with Gasteiger partial charge in [0.05, 0.1) is 0 Å². The van der Waals surface area contributed by atoms with Crippen LogP contribution in [0.4, 0.5) is 0 Å². The molecule has 3 heteroatoms. The summed E-state index contributed by atoms with van der Waals surface area (Å²) in [5.41, 5.74) is 0. The Bertz CT molecular complexity index is 236. The Balaban J connectivity index is 1.56. The molecule has 3 rings (SSSR count). The van der Waals surface area contributed by atoms with Crippen molar-refractivity contribution in [3.63, 3.8) is 0 Å². The maximum atomic E-state index is 3.46. The summed E-state index contributed by atoms with van der Waals surface area (Å²) in [4.78, 5) is 5.49. The van der Waals surface area contributed by atoms with Crippen LogP contribution in [0.3, 0.4) is 0 Å². The van der Waals surface area contributed by atoms with E-state index < -0.39 is 0 Å². The smallest absolute Gasteiger partial charge is 0.0136 e. The van der Waals surface area contributed by atoms with Crippen molar-refractivity contribution in [3.05, 3.63) is 0 Å². The van der Waals surface area contributed by atoms with E-state index in [2.05, 4.69) is 15.1 Å². The number of hydrogen-bond donors (Lipinski definition) is 1. The molecule has 1 N–H and O–H groups in total. The Morgan fingerprint density at radius 1 is 0.882 bits per heavy atom.